The van der Waals surface area contributed by atoms with Gasteiger partial charge in [0.05, 0.1) is 4.53 Å². The fraction of sp³-hybridized carbons (Fsp3) is 0.0769. The molecule has 2 aromatic heterocycles. The summed E-state index contributed by atoms with van der Waals surface area (Å²) in [6.07, 6.45) is 2.23. The number of carbonyl (C=O) groups excluding carboxylic acids is 1. The van der Waals surface area contributed by atoms with Gasteiger partial charge in [-0.15, -0.1) is 5.10 Å². The first-order valence-electron chi connectivity index (χ1n) is 10.9. The van der Waals surface area contributed by atoms with Gasteiger partial charge < -0.3 is 10.1 Å². The third kappa shape index (κ3) is 5.50. The maximum Gasteiger partial charge on any atom is 0.291 e. The zero-order valence-corrected chi connectivity index (χ0v) is 21.1. The van der Waals surface area contributed by atoms with Crippen molar-refractivity contribution in [2.24, 2.45) is 0 Å². The number of benzene rings is 3. The molecule has 7 nitrogen and oxygen atoms in total. The van der Waals surface area contributed by atoms with E-state index < -0.39 is 5.91 Å². The molecule has 1 N–H and O–H groups in total. The van der Waals surface area contributed by atoms with Crippen LogP contribution in [0.1, 0.15) is 17.0 Å². The van der Waals surface area contributed by atoms with Crippen molar-refractivity contribution in [3.63, 3.8) is 0 Å². The summed E-state index contributed by atoms with van der Waals surface area (Å²) in [6.45, 7) is -0.262. The minimum Gasteiger partial charge on any atom is -0.483 e. The molecule has 0 saturated heterocycles. The van der Waals surface area contributed by atoms with E-state index in [2.05, 4.69) is 31.3 Å². The monoisotopic (exact) mass is 564 g/mol. The van der Waals surface area contributed by atoms with Gasteiger partial charge in [0.1, 0.15) is 11.6 Å². The summed E-state index contributed by atoms with van der Waals surface area (Å²) in [6, 6.07) is 20.6. The Hall–Kier alpha value is -3.89. The summed E-state index contributed by atoms with van der Waals surface area (Å²) in [5.41, 5.74) is 1.87. The molecule has 0 atom stereocenters. The molecule has 0 spiro atoms. The van der Waals surface area contributed by atoms with Gasteiger partial charge in [-0.2, -0.15) is 4.52 Å². The molecule has 0 radical (unpaired) electrons. The van der Waals surface area contributed by atoms with E-state index in [0.717, 1.165) is 10.0 Å². The lowest BCUT2D eigenvalue weighted by Crippen LogP contribution is -2.24. The molecular formula is C26H18BrFN4O3S. The number of thiazole rings is 1. The van der Waals surface area contributed by atoms with Gasteiger partial charge in [0.15, 0.2) is 12.4 Å². The molecular weight excluding hydrogens is 547 g/mol. The Morgan fingerprint density at radius 2 is 1.89 bits per heavy atom. The van der Waals surface area contributed by atoms with Gasteiger partial charge >= 0.3 is 0 Å². The zero-order valence-electron chi connectivity index (χ0n) is 18.7. The molecule has 0 unspecified atom stereocenters. The number of amides is 1. The lowest BCUT2D eigenvalue weighted by Gasteiger charge is -2.10. The fourth-order valence-corrected chi connectivity index (χ4v) is 4.80. The average molecular weight is 565 g/mol. The van der Waals surface area contributed by atoms with E-state index in [1.165, 1.54) is 40.1 Å². The van der Waals surface area contributed by atoms with Crippen LogP contribution in [0.4, 0.5) is 10.1 Å². The lowest BCUT2D eigenvalue weighted by molar-refractivity contribution is -0.118. The first-order valence-corrected chi connectivity index (χ1v) is 12.5. The van der Waals surface area contributed by atoms with Gasteiger partial charge in [0.25, 0.3) is 11.5 Å². The summed E-state index contributed by atoms with van der Waals surface area (Å²) in [7, 11) is 0. The Balaban J connectivity index is 1.36. The number of anilines is 1. The van der Waals surface area contributed by atoms with Gasteiger partial charge in [0, 0.05) is 22.1 Å². The highest BCUT2D eigenvalue weighted by Gasteiger charge is 2.13. The largest absolute Gasteiger partial charge is 0.483 e. The van der Waals surface area contributed by atoms with E-state index >= 15 is 0 Å². The smallest absolute Gasteiger partial charge is 0.291 e. The van der Waals surface area contributed by atoms with Crippen molar-refractivity contribution in [2.75, 3.05) is 11.9 Å². The number of fused-ring (bicyclic) bond motifs is 1. The molecule has 180 valence electrons. The van der Waals surface area contributed by atoms with Gasteiger partial charge in [-0.25, -0.2) is 9.37 Å². The van der Waals surface area contributed by atoms with E-state index in [4.69, 9.17) is 4.74 Å². The number of aromatic nitrogens is 3. The summed E-state index contributed by atoms with van der Waals surface area (Å²) in [5, 5.41) is 7.03. The minimum absolute atomic E-state index is 0.262. The van der Waals surface area contributed by atoms with Crippen LogP contribution in [0.2, 0.25) is 0 Å². The second-order valence-corrected chi connectivity index (χ2v) is 9.75. The van der Waals surface area contributed by atoms with Crippen molar-refractivity contribution >= 4 is 49.9 Å². The predicted octanol–water partition coefficient (Wildman–Crippen LogP) is 4.21. The summed E-state index contributed by atoms with van der Waals surface area (Å²) >= 11 is 4.67. The Kier molecular flexibility index (Phi) is 6.88. The van der Waals surface area contributed by atoms with Gasteiger partial charge in [-0.1, -0.05) is 57.6 Å². The summed E-state index contributed by atoms with van der Waals surface area (Å²) in [5.74, 6) is 0.218. The standard InChI is InChI=1S/C26H18BrFN4O3S/c27-18-6-11-21(35-15-24(33)29-20-9-7-19(28)8-10-20)17(13-18)14-22-25(34)32-26(36-22)30-23(31-32)12-16-4-2-1-3-5-16/h1-11,13-14H,12,15H2,(H,29,33)/b22-14-. The second-order valence-electron chi connectivity index (χ2n) is 7.83. The zero-order chi connectivity index (χ0) is 25.1. The normalized spacial score (nSPS) is 11.7. The maximum absolute atomic E-state index is 13.1. The van der Waals surface area contributed by atoms with Crippen molar-refractivity contribution < 1.29 is 13.9 Å². The van der Waals surface area contributed by atoms with Gasteiger partial charge in [-0.3, -0.25) is 9.59 Å². The van der Waals surface area contributed by atoms with Crippen LogP contribution in [0.3, 0.4) is 0 Å². The molecule has 0 aliphatic rings. The quantitative estimate of drug-likeness (QED) is 0.320. The minimum atomic E-state index is -0.398. The predicted molar refractivity (Wildman–Crippen MR) is 140 cm³/mol. The van der Waals surface area contributed by atoms with Crippen LogP contribution >= 0.6 is 27.3 Å². The first kappa shape index (κ1) is 23.8. The number of halogens is 2. The molecule has 1 amide bonds. The molecule has 2 heterocycles. The highest BCUT2D eigenvalue weighted by atomic mass is 79.9. The highest BCUT2D eigenvalue weighted by Crippen LogP contribution is 2.24. The molecule has 5 rings (SSSR count). The van der Waals surface area contributed by atoms with Crippen LogP contribution in [0.15, 0.2) is 82.1 Å². The van der Waals surface area contributed by atoms with Crippen molar-refractivity contribution in [3.05, 3.63) is 115 Å². The first-order chi connectivity index (χ1) is 17.4. The van der Waals surface area contributed by atoms with Crippen molar-refractivity contribution in [3.8, 4) is 5.75 Å². The number of nitrogens with one attached hydrogen (secondary N) is 1. The van der Waals surface area contributed by atoms with E-state index in [1.807, 2.05) is 30.3 Å². The topological polar surface area (TPSA) is 85.6 Å². The van der Waals surface area contributed by atoms with Crippen LogP contribution in [0.25, 0.3) is 11.0 Å². The van der Waals surface area contributed by atoms with Crippen molar-refractivity contribution in [2.45, 2.75) is 6.42 Å². The second kappa shape index (κ2) is 10.4. The molecule has 3 aromatic carbocycles. The van der Waals surface area contributed by atoms with Crippen molar-refractivity contribution in [1.29, 1.82) is 0 Å². The average Bonchev–Trinajstić information content (AvgIpc) is 3.38. The molecule has 5 aromatic rings. The number of rotatable bonds is 7. The van der Waals surface area contributed by atoms with Crippen LogP contribution in [-0.2, 0) is 11.2 Å². The maximum atomic E-state index is 13.1. The molecule has 0 aliphatic heterocycles. The number of carbonyl (C=O) groups is 1. The third-order valence-corrected chi connectivity index (χ3v) is 6.63. The Morgan fingerprint density at radius 3 is 2.64 bits per heavy atom. The number of hydrogen-bond acceptors (Lipinski definition) is 6. The van der Waals surface area contributed by atoms with Crippen LogP contribution in [0.5, 0.6) is 5.75 Å². The van der Waals surface area contributed by atoms with E-state index in [0.29, 0.717) is 38.7 Å². The highest BCUT2D eigenvalue weighted by molar-refractivity contribution is 9.10. The van der Waals surface area contributed by atoms with E-state index in [-0.39, 0.29) is 18.0 Å². The summed E-state index contributed by atoms with van der Waals surface area (Å²) in [4.78, 5) is 30.3. The Morgan fingerprint density at radius 1 is 1.11 bits per heavy atom. The Labute approximate surface area is 217 Å². The van der Waals surface area contributed by atoms with Gasteiger partial charge in [0.2, 0.25) is 4.96 Å². The molecule has 0 bridgehead atoms. The van der Waals surface area contributed by atoms with E-state index in [9.17, 15) is 14.0 Å². The van der Waals surface area contributed by atoms with Crippen molar-refractivity contribution in [1.82, 2.24) is 14.6 Å². The number of nitrogens with zero attached hydrogens (tertiary/aromatic N) is 3. The Bertz CT molecular complexity index is 1650. The third-order valence-electron chi connectivity index (χ3n) is 5.18. The number of ether oxygens (including phenoxy) is 1. The van der Waals surface area contributed by atoms with Crippen LogP contribution < -0.4 is 20.1 Å². The molecule has 0 fully saturated rings. The molecule has 10 heteroatoms. The van der Waals surface area contributed by atoms with Gasteiger partial charge in [-0.05, 0) is 54.1 Å². The fourth-order valence-electron chi connectivity index (χ4n) is 3.51. The van der Waals surface area contributed by atoms with E-state index in [1.54, 1.807) is 24.3 Å². The lowest BCUT2D eigenvalue weighted by atomic mass is 10.1. The molecule has 36 heavy (non-hydrogen) atoms. The SMILES string of the molecule is O=C(COc1ccc(Br)cc1/C=c1\sc2nc(Cc3ccccc3)nn2c1=O)Nc1ccc(F)cc1. The summed E-state index contributed by atoms with van der Waals surface area (Å²) < 4.78 is 21.3. The van der Waals surface area contributed by atoms with Crippen LogP contribution in [-0.4, -0.2) is 27.1 Å². The molecule has 0 aliphatic carbocycles. The molecule has 0 saturated carbocycles. The van der Waals surface area contributed by atoms with Crippen LogP contribution in [0, 0.1) is 5.82 Å². The number of hydrogen-bond donors (Lipinski definition) is 1.